The number of aliphatic hydroxyl groups is 1. The Kier molecular flexibility index (Phi) is 5.62. The van der Waals surface area contributed by atoms with Crippen LogP contribution in [0.5, 0.6) is 0 Å². The molecule has 3 fully saturated rings. The van der Waals surface area contributed by atoms with Crippen molar-refractivity contribution in [3.8, 4) is 11.1 Å². The second-order valence-corrected chi connectivity index (χ2v) is 11.3. The highest BCUT2D eigenvalue weighted by molar-refractivity contribution is 7.93. The molecule has 0 aromatic heterocycles. The predicted octanol–water partition coefficient (Wildman–Crippen LogP) is 1.85. The Hall–Kier alpha value is -2.95. The van der Waals surface area contributed by atoms with Crippen molar-refractivity contribution >= 4 is 27.5 Å². The van der Waals surface area contributed by atoms with Crippen molar-refractivity contribution in [1.82, 2.24) is 9.80 Å². The number of rotatable bonds is 6. The predicted molar refractivity (Wildman–Crippen MR) is 125 cm³/mol. The van der Waals surface area contributed by atoms with Gasteiger partial charge in [0.2, 0.25) is 0 Å². The molecule has 3 aliphatic rings. The third kappa shape index (κ3) is 4.28. The molecule has 2 aromatic carbocycles. The summed E-state index contributed by atoms with van der Waals surface area (Å²) in [6.45, 7) is 1.62. The van der Waals surface area contributed by atoms with E-state index < -0.39 is 20.9 Å². The quantitative estimate of drug-likeness (QED) is 0.603. The number of piperazine rings is 1. The number of amides is 2. The molecular formula is C24H27N3O6S. The number of anilines is 1. The van der Waals surface area contributed by atoms with Gasteiger partial charge in [-0.2, -0.15) is 0 Å². The Labute approximate surface area is 198 Å². The van der Waals surface area contributed by atoms with Gasteiger partial charge in [-0.1, -0.05) is 24.3 Å². The van der Waals surface area contributed by atoms with E-state index in [1.807, 2.05) is 6.07 Å². The lowest BCUT2D eigenvalue weighted by atomic mass is 10.0. The number of benzene rings is 2. The van der Waals surface area contributed by atoms with Crippen LogP contribution >= 0.6 is 0 Å². The molecule has 180 valence electrons. The van der Waals surface area contributed by atoms with Crippen molar-refractivity contribution in [2.24, 2.45) is 0 Å². The number of hydrogen-bond donors (Lipinski definition) is 2. The fraction of sp³-hybridized carbons (Fsp3) is 0.417. The highest BCUT2D eigenvalue weighted by Crippen LogP contribution is 2.37. The van der Waals surface area contributed by atoms with Crippen LogP contribution in [0.1, 0.15) is 36.0 Å². The Morgan fingerprint density at radius 3 is 2.12 bits per heavy atom. The molecule has 1 aliphatic heterocycles. The van der Waals surface area contributed by atoms with E-state index in [0.29, 0.717) is 67.5 Å². The average Bonchev–Trinajstić information content (AvgIpc) is 3.79. The molecular weight excluding hydrogens is 458 g/mol. The molecule has 0 atom stereocenters. The van der Waals surface area contributed by atoms with Crippen LogP contribution in [0.3, 0.4) is 0 Å². The fourth-order valence-corrected chi connectivity index (χ4v) is 5.61. The van der Waals surface area contributed by atoms with Gasteiger partial charge in [-0.15, -0.1) is 4.47 Å². The first-order chi connectivity index (χ1) is 16.2. The smallest absolute Gasteiger partial charge is 0.260 e. The minimum atomic E-state index is -3.76. The van der Waals surface area contributed by atoms with Gasteiger partial charge in [0.15, 0.2) is 0 Å². The summed E-state index contributed by atoms with van der Waals surface area (Å²) in [6, 6.07) is 13.6. The van der Waals surface area contributed by atoms with E-state index in [1.54, 1.807) is 46.2 Å². The van der Waals surface area contributed by atoms with Gasteiger partial charge >= 0.3 is 0 Å². The lowest BCUT2D eigenvalue weighted by Crippen LogP contribution is -2.53. The van der Waals surface area contributed by atoms with E-state index in [1.165, 1.54) is 6.07 Å². The summed E-state index contributed by atoms with van der Waals surface area (Å²) in [5, 5.41) is 19.7. The van der Waals surface area contributed by atoms with Gasteiger partial charge in [0.1, 0.15) is 5.60 Å². The van der Waals surface area contributed by atoms with Gasteiger partial charge < -0.3 is 14.9 Å². The zero-order chi connectivity index (χ0) is 24.1. The van der Waals surface area contributed by atoms with Crippen molar-refractivity contribution in [1.29, 1.82) is 0 Å². The molecule has 2 amide bonds. The molecule has 2 aliphatic carbocycles. The maximum atomic E-state index is 12.9. The molecule has 2 saturated carbocycles. The number of hydrogen-bond acceptors (Lipinski definition) is 6. The number of carbonyl (C=O) groups is 2. The summed E-state index contributed by atoms with van der Waals surface area (Å²) in [5.41, 5.74) is 0.998. The van der Waals surface area contributed by atoms with Crippen LogP contribution in [-0.4, -0.2) is 77.4 Å². The van der Waals surface area contributed by atoms with Crippen molar-refractivity contribution < 1.29 is 28.3 Å². The van der Waals surface area contributed by atoms with E-state index >= 15 is 0 Å². The van der Waals surface area contributed by atoms with Crippen LogP contribution in [0.25, 0.3) is 11.1 Å². The summed E-state index contributed by atoms with van der Waals surface area (Å²) in [4.78, 5) is 28.5. The van der Waals surface area contributed by atoms with Gasteiger partial charge in [-0.25, -0.2) is 8.42 Å². The van der Waals surface area contributed by atoms with Crippen LogP contribution < -0.4 is 4.47 Å². The zero-order valence-corrected chi connectivity index (χ0v) is 19.4. The molecule has 10 heteroatoms. The van der Waals surface area contributed by atoms with Gasteiger partial charge in [0, 0.05) is 31.7 Å². The molecule has 1 heterocycles. The molecule has 0 spiro atoms. The Morgan fingerprint density at radius 1 is 0.912 bits per heavy atom. The second-order valence-electron chi connectivity index (χ2n) is 9.23. The van der Waals surface area contributed by atoms with Gasteiger partial charge in [-0.05, 0) is 61.1 Å². The van der Waals surface area contributed by atoms with Gasteiger partial charge in [0.25, 0.3) is 21.8 Å². The van der Waals surface area contributed by atoms with Crippen molar-refractivity contribution in [2.75, 3.05) is 30.6 Å². The van der Waals surface area contributed by atoms with Crippen molar-refractivity contribution in [3.05, 3.63) is 54.1 Å². The molecule has 0 radical (unpaired) electrons. The van der Waals surface area contributed by atoms with E-state index in [9.17, 15) is 28.3 Å². The monoisotopic (exact) mass is 485 g/mol. The van der Waals surface area contributed by atoms with E-state index in [2.05, 4.69) is 0 Å². The molecule has 0 unspecified atom stereocenters. The summed E-state index contributed by atoms with van der Waals surface area (Å²) in [6.07, 6.45) is 2.13. The van der Waals surface area contributed by atoms with Gasteiger partial charge in [-0.3, -0.25) is 14.8 Å². The molecule has 34 heavy (non-hydrogen) atoms. The number of carbonyl (C=O) groups excluding carboxylic acids is 2. The lowest BCUT2D eigenvalue weighted by Gasteiger charge is -2.35. The number of nitrogens with zero attached hydrogens (tertiary/aromatic N) is 3. The van der Waals surface area contributed by atoms with Gasteiger partial charge in [0.05, 0.1) is 10.9 Å². The number of sulfonamides is 1. The van der Waals surface area contributed by atoms with Crippen LogP contribution in [0.2, 0.25) is 0 Å². The standard InChI is InChI=1S/C24H27N3O6S/c28-22(25-12-14-26(15-13-25)23(29)24(30)10-11-24)18-6-4-17(5-7-18)19-2-1-3-20(16-19)27(31)34(32,33)21-8-9-21/h1-7,16,21,30-31H,8-15H2. The minimum Gasteiger partial charge on any atom is -0.380 e. The molecule has 2 N–H and O–H groups in total. The fourth-order valence-electron chi connectivity index (χ4n) is 4.19. The van der Waals surface area contributed by atoms with Crippen molar-refractivity contribution in [3.63, 3.8) is 0 Å². The SMILES string of the molecule is O=C(c1ccc(-c2cccc(N(O)S(=O)(=O)C3CC3)c2)cc1)N1CCN(C(=O)C2(O)CC2)CC1. The van der Waals surface area contributed by atoms with Crippen LogP contribution in [0.15, 0.2) is 48.5 Å². The maximum Gasteiger partial charge on any atom is 0.260 e. The van der Waals surface area contributed by atoms with Crippen LogP contribution in [0.4, 0.5) is 5.69 Å². The molecule has 1 saturated heterocycles. The summed E-state index contributed by atoms with van der Waals surface area (Å²) in [7, 11) is -3.76. The average molecular weight is 486 g/mol. The third-order valence-corrected chi connectivity index (χ3v) is 8.70. The van der Waals surface area contributed by atoms with Crippen LogP contribution in [-0.2, 0) is 14.8 Å². The Balaban J connectivity index is 1.24. The topological polar surface area (TPSA) is 118 Å². The third-order valence-electron chi connectivity index (χ3n) is 6.69. The lowest BCUT2D eigenvalue weighted by molar-refractivity contribution is -0.143. The highest BCUT2D eigenvalue weighted by Gasteiger charge is 2.50. The molecule has 5 rings (SSSR count). The Morgan fingerprint density at radius 2 is 1.53 bits per heavy atom. The second kappa shape index (κ2) is 8.37. The van der Waals surface area contributed by atoms with Crippen molar-refractivity contribution in [2.45, 2.75) is 36.5 Å². The zero-order valence-electron chi connectivity index (χ0n) is 18.6. The van der Waals surface area contributed by atoms with E-state index in [0.717, 1.165) is 5.56 Å². The van der Waals surface area contributed by atoms with E-state index in [4.69, 9.17) is 0 Å². The normalized spacial score (nSPS) is 19.6. The summed E-state index contributed by atoms with van der Waals surface area (Å²) >= 11 is 0. The molecule has 0 bridgehead atoms. The minimum absolute atomic E-state index is 0.130. The molecule has 2 aromatic rings. The largest absolute Gasteiger partial charge is 0.380 e. The first kappa shape index (κ1) is 22.8. The molecule has 9 nitrogen and oxygen atoms in total. The van der Waals surface area contributed by atoms with E-state index in [-0.39, 0.29) is 17.5 Å². The first-order valence-electron chi connectivity index (χ1n) is 11.4. The summed E-state index contributed by atoms with van der Waals surface area (Å²) < 4.78 is 25.0. The first-order valence-corrected chi connectivity index (χ1v) is 12.9. The summed E-state index contributed by atoms with van der Waals surface area (Å²) in [5.74, 6) is -0.368. The maximum absolute atomic E-state index is 12.9. The van der Waals surface area contributed by atoms with Crippen LogP contribution in [0, 0.1) is 0 Å². The highest BCUT2D eigenvalue weighted by atomic mass is 32.2. The Bertz CT molecular complexity index is 1210.